The van der Waals surface area contributed by atoms with Crippen molar-refractivity contribution in [2.75, 3.05) is 39.1 Å². The number of aromatic nitrogens is 4. The van der Waals surface area contributed by atoms with E-state index >= 15 is 0 Å². The molecule has 3 rings (SSSR count). The smallest absolute Gasteiger partial charge is 0.178 e. The van der Waals surface area contributed by atoms with Crippen molar-refractivity contribution in [1.82, 2.24) is 24.4 Å². The van der Waals surface area contributed by atoms with E-state index in [4.69, 9.17) is 12.2 Å². The topological polar surface area (TPSA) is 53.0 Å². The van der Waals surface area contributed by atoms with Gasteiger partial charge in [-0.2, -0.15) is 0 Å². The lowest BCUT2D eigenvalue weighted by Gasteiger charge is -2.21. The second kappa shape index (κ2) is 6.25. The first-order valence-corrected chi connectivity index (χ1v) is 8.15. The van der Waals surface area contributed by atoms with Gasteiger partial charge in [0.15, 0.2) is 4.77 Å². The molecule has 0 amide bonds. The largest absolute Gasteiger partial charge is 0.358 e. The molecule has 2 aromatic heterocycles. The van der Waals surface area contributed by atoms with Crippen LogP contribution >= 0.6 is 12.2 Å². The third-order valence-corrected chi connectivity index (χ3v) is 4.39. The van der Waals surface area contributed by atoms with E-state index < -0.39 is 0 Å². The second-order valence-corrected chi connectivity index (χ2v) is 6.37. The number of nitrogens with one attached hydrogen (secondary N) is 1. The van der Waals surface area contributed by atoms with Crippen LogP contribution in [0.3, 0.4) is 0 Å². The fraction of sp³-hybridized carbons (Fsp3) is 0.438. The number of benzene rings is 1. The number of likely N-dealkylation sites (N-methyl/N-ethyl adjacent to an activating group) is 2. The highest BCUT2D eigenvalue weighted by molar-refractivity contribution is 7.71. The summed E-state index contributed by atoms with van der Waals surface area (Å²) in [5.41, 5.74) is 3.06. The van der Waals surface area contributed by atoms with Gasteiger partial charge in [0.05, 0.1) is 16.6 Å². The molecule has 0 bridgehead atoms. The Kier molecular flexibility index (Phi) is 4.32. The van der Waals surface area contributed by atoms with Crippen LogP contribution < -0.4 is 4.90 Å². The molecule has 23 heavy (non-hydrogen) atoms. The monoisotopic (exact) mass is 330 g/mol. The Balaban J connectivity index is 2.13. The van der Waals surface area contributed by atoms with Gasteiger partial charge < -0.3 is 19.4 Å². The highest BCUT2D eigenvalue weighted by atomic mass is 32.1. The predicted octanol–water partition coefficient (Wildman–Crippen LogP) is 2.66. The Bertz CT molecular complexity index is 895. The highest BCUT2D eigenvalue weighted by Crippen LogP contribution is 2.27. The zero-order valence-corrected chi connectivity index (χ0v) is 14.8. The van der Waals surface area contributed by atoms with Gasteiger partial charge in [-0.25, -0.2) is 9.97 Å². The molecule has 0 saturated carbocycles. The number of hydrogen-bond donors (Lipinski definition) is 1. The van der Waals surface area contributed by atoms with Crippen molar-refractivity contribution >= 4 is 40.0 Å². The van der Waals surface area contributed by atoms with E-state index in [0.717, 1.165) is 52.2 Å². The van der Waals surface area contributed by atoms with E-state index in [0.29, 0.717) is 0 Å². The minimum atomic E-state index is 0.744. The molecular formula is C16H22N6S. The van der Waals surface area contributed by atoms with Gasteiger partial charge in [-0.05, 0) is 45.4 Å². The highest BCUT2D eigenvalue weighted by Gasteiger charge is 2.12. The molecule has 0 spiro atoms. The van der Waals surface area contributed by atoms with Crippen LogP contribution in [0.4, 0.5) is 5.82 Å². The lowest BCUT2D eigenvalue weighted by molar-refractivity contribution is 0.416. The lowest BCUT2D eigenvalue weighted by atomic mass is 10.2. The Morgan fingerprint density at radius 3 is 2.65 bits per heavy atom. The Hall–Kier alpha value is -1.99. The maximum Gasteiger partial charge on any atom is 0.178 e. The fourth-order valence-corrected chi connectivity index (χ4v) is 3.11. The van der Waals surface area contributed by atoms with Crippen molar-refractivity contribution in [3.05, 3.63) is 23.2 Å². The molecule has 0 radical (unpaired) electrons. The Morgan fingerprint density at radius 1 is 1.17 bits per heavy atom. The average Bonchev–Trinajstić information content (AvgIpc) is 2.83. The number of rotatable bonds is 5. The van der Waals surface area contributed by atoms with Gasteiger partial charge in [0.1, 0.15) is 12.1 Å². The van der Waals surface area contributed by atoms with E-state index in [1.807, 2.05) is 0 Å². The van der Waals surface area contributed by atoms with Crippen LogP contribution in [0.5, 0.6) is 0 Å². The molecule has 0 atom stereocenters. The van der Waals surface area contributed by atoms with Crippen molar-refractivity contribution in [3.8, 4) is 0 Å². The molecule has 0 unspecified atom stereocenters. The van der Waals surface area contributed by atoms with Gasteiger partial charge in [-0.1, -0.05) is 0 Å². The molecule has 1 N–H and O–H groups in total. The summed E-state index contributed by atoms with van der Waals surface area (Å²) in [6.45, 7) is 4.81. The van der Waals surface area contributed by atoms with E-state index in [2.05, 4.69) is 69.5 Å². The van der Waals surface area contributed by atoms with Crippen LogP contribution in [0, 0.1) is 4.77 Å². The van der Waals surface area contributed by atoms with E-state index in [9.17, 15) is 0 Å². The van der Waals surface area contributed by atoms with Crippen molar-refractivity contribution in [2.24, 2.45) is 0 Å². The molecule has 0 fully saturated rings. The van der Waals surface area contributed by atoms with Gasteiger partial charge in [0.25, 0.3) is 0 Å². The van der Waals surface area contributed by atoms with Crippen LogP contribution in [0.15, 0.2) is 18.5 Å². The predicted molar refractivity (Wildman–Crippen MR) is 97.7 cm³/mol. The summed E-state index contributed by atoms with van der Waals surface area (Å²) >= 11 is 5.40. The lowest BCUT2D eigenvalue weighted by Crippen LogP contribution is -2.29. The number of fused-ring (bicyclic) bond motifs is 2. The Labute approximate surface area is 140 Å². The summed E-state index contributed by atoms with van der Waals surface area (Å²) in [4.78, 5) is 16.5. The van der Waals surface area contributed by atoms with Gasteiger partial charge in [0, 0.05) is 32.1 Å². The molecule has 3 aromatic rings. The molecule has 7 heteroatoms. The number of imidazole rings is 1. The van der Waals surface area contributed by atoms with Crippen molar-refractivity contribution in [3.63, 3.8) is 0 Å². The molecule has 122 valence electrons. The summed E-state index contributed by atoms with van der Waals surface area (Å²) in [6, 6.07) is 4.19. The first-order chi connectivity index (χ1) is 11.0. The summed E-state index contributed by atoms with van der Waals surface area (Å²) < 4.78 is 2.83. The summed E-state index contributed by atoms with van der Waals surface area (Å²) in [5, 5.41) is 1.04. The van der Waals surface area contributed by atoms with Gasteiger partial charge >= 0.3 is 0 Å². The number of nitrogens with zero attached hydrogens (tertiary/aromatic N) is 5. The van der Waals surface area contributed by atoms with Crippen molar-refractivity contribution in [1.29, 1.82) is 0 Å². The fourth-order valence-electron chi connectivity index (χ4n) is 2.77. The molecular weight excluding hydrogens is 308 g/mol. The number of anilines is 1. The molecule has 1 aromatic carbocycles. The molecule has 0 saturated heterocycles. The maximum atomic E-state index is 5.40. The first-order valence-electron chi connectivity index (χ1n) is 7.74. The third kappa shape index (κ3) is 2.94. The quantitative estimate of drug-likeness (QED) is 0.729. The number of aryl methyl sites for hydroxylation is 1. The number of H-pyrrole nitrogens is 1. The standard InChI is InChI=1S/C16H22N6S/c1-5-22-14-9-12-11(8-13(14)19-16(22)23)15(18-10-17-12)21(4)7-6-20(2)3/h8-10H,5-7H2,1-4H3,(H,19,23). The zero-order chi connectivity index (χ0) is 16.6. The average molecular weight is 330 g/mol. The van der Waals surface area contributed by atoms with Crippen LogP contribution in [0.25, 0.3) is 21.9 Å². The van der Waals surface area contributed by atoms with Crippen LogP contribution in [0.2, 0.25) is 0 Å². The SMILES string of the molecule is CCn1c(=S)[nH]c2cc3c(N(C)CCN(C)C)ncnc3cc21. The minimum absolute atomic E-state index is 0.744. The summed E-state index contributed by atoms with van der Waals surface area (Å²) in [7, 11) is 6.21. The molecule has 2 heterocycles. The van der Waals surface area contributed by atoms with Crippen molar-refractivity contribution < 1.29 is 0 Å². The first kappa shape index (κ1) is 15.9. The zero-order valence-electron chi connectivity index (χ0n) is 14.0. The second-order valence-electron chi connectivity index (χ2n) is 5.98. The van der Waals surface area contributed by atoms with Gasteiger partial charge in [0.2, 0.25) is 0 Å². The molecule has 0 aliphatic rings. The normalized spacial score (nSPS) is 11.7. The molecule has 0 aliphatic heterocycles. The van der Waals surface area contributed by atoms with Crippen molar-refractivity contribution in [2.45, 2.75) is 13.5 Å². The van der Waals surface area contributed by atoms with E-state index in [1.54, 1.807) is 6.33 Å². The van der Waals surface area contributed by atoms with E-state index in [-0.39, 0.29) is 0 Å². The summed E-state index contributed by atoms with van der Waals surface area (Å²) in [6.07, 6.45) is 1.63. The molecule has 6 nitrogen and oxygen atoms in total. The Morgan fingerprint density at radius 2 is 1.96 bits per heavy atom. The number of aromatic amines is 1. The number of hydrogen-bond acceptors (Lipinski definition) is 5. The maximum absolute atomic E-state index is 5.40. The summed E-state index contributed by atoms with van der Waals surface area (Å²) in [5.74, 6) is 0.947. The van der Waals surface area contributed by atoms with E-state index in [1.165, 1.54) is 0 Å². The van der Waals surface area contributed by atoms with Crippen LogP contribution in [-0.2, 0) is 6.54 Å². The molecule has 0 aliphatic carbocycles. The minimum Gasteiger partial charge on any atom is -0.358 e. The van der Waals surface area contributed by atoms with Crippen LogP contribution in [-0.4, -0.2) is 58.7 Å². The third-order valence-electron chi connectivity index (χ3n) is 4.07. The van der Waals surface area contributed by atoms with Gasteiger partial charge in [-0.15, -0.1) is 0 Å². The van der Waals surface area contributed by atoms with Gasteiger partial charge in [-0.3, -0.25) is 0 Å². The van der Waals surface area contributed by atoms with Crippen LogP contribution in [0.1, 0.15) is 6.92 Å².